The molecule has 0 bridgehead atoms. The number of fused-ring (bicyclic) bond motifs is 1. The Balaban J connectivity index is 1.41. The minimum Gasteiger partial charge on any atom is -0.508 e. The smallest absolute Gasteiger partial charge is 0.118 e. The van der Waals surface area contributed by atoms with Crippen LogP contribution in [0, 0.1) is 5.92 Å². The highest BCUT2D eigenvalue weighted by Crippen LogP contribution is 2.34. The third-order valence-corrected chi connectivity index (χ3v) is 6.12. The molecule has 0 spiro atoms. The maximum absolute atomic E-state index is 9.57. The number of likely N-dealkylation sites (tertiary alicyclic amines) is 1. The van der Waals surface area contributed by atoms with Crippen LogP contribution in [0.3, 0.4) is 0 Å². The topological polar surface area (TPSA) is 52.1 Å². The van der Waals surface area contributed by atoms with Gasteiger partial charge in [0.15, 0.2) is 0 Å². The quantitative estimate of drug-likeness (QED) is 0.868. The van der Waals surface area contributed by atoms with Gasteiger partial charge >= 0.3 is 0 Å². The lowest BCUT2D eigenvalue weighted by atomic mass is 9.92. The minimum absolute atomic E-state index is 0.124. The van der Waals surface area contributed by atoms with Gasteiger partial charge in [-0.1, -0.05) is 23.2 Å². The van der Waals surface area contributed by atoms with E-state index in [4.69, 9.17) is 23.2 Å². The highest BCUT2D eigenvalue weighted by atomic mass is 35.5. The molecule has 2 aromatic rings. The molecule has 0 amide bonds. The molecule has 6 heteroatoms. The Morgan fingerprint density at radius 3 is 2.83 bits per heavy atom. The van der Waals surface area contributed by atoms with Crippen LogP contribution in [-0.2, 0) is 19.3 Å². The number of aromatic nitrogens is 2. The third-order valence-electron chi connectivity index (χ3n) is 5.45. The molecule has 4 rings (SSSR count). The average molecular weight is 366 g/mol. The molecule has 1 fully saturated rings. The normalized spacial score (nSPS) is 24.2. The second-order valence-electron chi connectivity index (χ2n) is 7.01. The van der Waals surface area contributed by atoms with Crippen molar-refractivity contribution in [2.24, 2.45) is 5.92 Å². The summed E-state index contributed by atoms with van der Waals surface area (Å²) in [7, 11) is 0. The van der Waals surface area contributed by atoms with Gasteiger partial charge in [0.2, 0.25) is 0 Å². The van der Waals surface area contributed by atoms with Crippen LogP contribution in [-0.4, -0.2) is 39.3 Å². The van der Waals surface area contributed by atoms with E-state index in [2.05, 4.69) is 15.1 Å². The van der Waals surface area contributed by atoms with Crippen molar-refractivity contribution in [3.05, 3.63) is 45.2 Å². The predicted molar refractivity (Wildman–Crippen MR) is 95.9 cm³/mol. The van der Waals surface area contributed by atoms with Crippen molar-refractivity contribution in [1.29, 1.82) is 0 Å². The van der Waals surface area contributed by atoms with Gasteiger partial charge in [-0.05, 0) is 61.4 Å². The lowest BCUT2D eigenvalue weighted by molar-refractivity contribution is 0.213. The number of halogens is 2. The van der Waals surface area contributed by atoms with Crippen LogP contribution in [0.15, 0.2) is 18.3 Å². The Morgan fingerprint density at radius 2 is 2.04 bits per heavy atom. The van der Waals surface area contributed by atoms with Crippen LogP contribution in [0.1, 0.15) is 29.7 Å². The Morgan fingerprint density at radius 1 is 1.25 bits per heavy atom. The summed E-state index contributed by atoms with van der Waals surface area (Å²) in [6.07, 6.45) is 7.40. The third kappa shape index (κ3) is 3.15. The number of phenolic OH excluding ortho intramolecular Hbond substituents is 1. The highest BCUT2D eigenvalue weighted by molar-refractivity contribution is 6.36. The van der Waals surface area contributed by atoms with Crippen molar-refractivity contribution in [3.8, 4) is 5.75 Å². The molecule has 1 aromatic carbocycles. The molecule has 1 aliphatic heterocycles. The van der Waals surface area contributed by atoms with Crippen molar-refractivity contribution >= 4 is 23.2 Å². The summed E-state index contributed by atoms with van der Waals surface area (Å²) in [6, 6.07) is 3.76. The van der Waals surface area contributed by atoms with E-state index in [1.807, 2.05) is 6.20 Å². The molecule has 1 aromatic heterocycles. The van der Waals surface area contributed by atoms with Gasteiger partial charge < -0.3 is 5.11 Å². The van der Waals surface area contributed by atoms with E-state index in [0.29, 0.717) is 22.0 Å². The number of benzene rings is 1. The largest absolute Gasteiger partial charge is 0.508 e. The van der Waals surface area contributed by atoms with Crippen LogP contribution in [0.25, 0.3) is 0 Å². The van der Waals surface area contributed by atoms with E-state index < -0.39 is 0 Å². The lowest BCUT2D eigenvalue weighted by Gasteiger charge is -2.30. The number of H-pyrrole nitrogens is 1. The molecule has 1 saturated heterocycles. The zero-order chi connectivity index (χ0) is 16.7. The van der Waals surface area contributed by atoms with Crippen molar-refractivity contribution in [2.75, 3.05) is 13.1 Å². The standard InChI is InChI=1S/C18H21Cl2N3O/c19-16-7-14(24)8-17(20)15(16)5-11-3-4-23(10-11)13-2-1-12-9-21-22-18(12)6-13/h7-9,11,13,24H,1-6,10H2,(H,21,22)/t11-,13?/m0/s1. The number of hydrogen-bond donors (Lipinski definition) is 2. The van der Waals surface area contributed by atoms with Gasteiger partial charge in [-0.2, -0.15) is 5.10 Å². The second kappa shape index (κ2) is 6.58. The molecule has 4 nitrogen and oxygen atoms in total. The number of phenols is 1. The summed E-state index contributed by atoms with van der Waals surface area (Å²) >= 11 is 12.5. The van der Waals surface area contributed by atoms with Crippen molar-refractivity contribution in [3.63, 3.8) is 0 Å². The molecule has 1 aliphatic carbocycles. The Kier molecular flexibility index (Phi) is 4.46. The maximum atomic E-state index is 9.57. The molecule has 2 N–H and O–H groups in total. The van der Waals surface area contributed by atoms with E-state index >= 15 is 0 Å². The van der Waals surface area contributed by atoms with Gasteiger partial charge in [0, 0.05) is 34.7 Å². The van der Waals surface area contributed by atoms with Crippen molar-refractivity contribution < 1.29 is 5.11 Å². The molecule has 2 heterocycles. The SMILES string of the molecule is Oc1cc(Cl)c(C[C@@H]2CCN(C3CCc4cn[nH]c4C3)C2)c(Cl)c1. The van der Waals surface area contributed by atoms with Crippen LogP contribution in [0.4, 0.5) is 0 Å². The summed E-state index contributed by atoms with van der Waals surface area (Å²) in [5.74, 6) is 0.687. The molecule has 0 radical (unpaired) electrons. The second-order valence-corrected chi connectivity index (χ2v) is 7.83. The Hall–Kier alpha value is -1.23. The highest BCUT2D eigenvalue weighted by Gasteiger charge is 2.31. The van der Waals surface area contributed by atoms with Crippen LogP contribution < -0.4 is 0 Å². The molecular weight excluding hydrogens is 345 g/mol. The Labute approximate surface area is 151 Å². The van der Waals surface area contributed by atoms with Gasteiger partial charge in [-0.15, -0.1) is 0 Å². The van der Waals surface area contributed by atoms with Crippen LogP contribution >= 0.6 is 23.2 Å². The first-order valence-corrected chi connectivity index (χ1v) is 9.28. The number of nitrogens with one attached hydrogen (secondary N) is 1. The van der Waals surface area contributed by atoms with Crippen molar-refractivity contribution in [2.45, 2.75) is 38.1 Å². The zero-order valence-corrected chi connectivity index (χ0v) is 14.9. The fourth-order valence-electron chi connectivity index (χ4n) is 4.14. The summed E-state index contributed by atoms with van der Waals surface area (Å²) in [5, 5.41) is 18.0. The summed E-state index contributed by atoms with van der Waals surface area (Å²) in [4.78, 5) is 2.61. The first kappa shape index (κ1) is 16.2. The summed E-state index contributed by atoms with van der Waals surface area (Å²) in [6.45, 7) is 2.22. The van der Waals surface area contributed by atoms with E-state index in [1.54, 1.807) is 12.1 Å². The summed E-state index contributed by atoms with van der Waals surface area (Å²) in [5.41, 5.74) is 3.64. The number of aryl methyl sites for hydroxylation is 1. The number of aromatic hydroxyl groups is 1. The molecule has 128 valence electrons. The van der Waals surface area contributed by atoms with Crippen LogP contribution in [0.2, 0.25) is 10.0 Å². The van der Waals surface area contributed by atoms with E-state index in [1.165, 1.54) is 24.1 Å². The van der Waals surface area contributed by atoms with E-state index in [0.717, 1.165) is 37.9 Å². The maximum Gasteiger partial charge on any atom is 0.118 e. The minimum atomic E-state index is 0.124. The van der Waals surface area contributed by atoms with E-state index in [-0.39, 0.29) is 5.75 Å². The first-order chi connectivity index (χ1) is 11.6. The predicted octanol–water partition coefficient (Wildman–Crippen LogP) is 3.84. The van der Waals surface area contributed by atoms with Gasteiger partial charge in [0.1, 0.15) is 5.75 Å². The lowest BCUT2D eigenvalue weighted by Crippen LogP contribution is -2.37. The van der Waals surface area contributed by atoms with Crippen molar-refractivity contribution in [1.82, 2.24) is 15.1 Å². The van der Waals surface area contributed by atoms with Gasteiger partial charge in [-0.3, -0.25) is 10.00 Å². The zero-order valence-electron chi connectivity index (χ0n) is 13.4. The molecule has 24 heavy (non-hydrogen) atoms. The monoisotopic (exact) mass is 365 g/mol. The fraction of sp³-hybridized carbons (Fsp3) is 0.500. The van der Waals surface area contributed by atoms with Gasteiger partial charge in [-0.25, -0.2) is 0 Å². The molecular formula is C18H21Cl2N3O. The number of hydrogen-bond acceptors (Lipinski definition) is 3. The summed E-state index contributed by atoms with van der Waals surface area (Å²) < 4.78 is 0. The first-order valence-electron chi connectivity index (χ1n) is 8.52. The van der Waals surface area contributed by atoms with Gasteiger partial charge in [0.25, 0.3) is 0 Å². The van der Waals surface area contributed by atoms with Gasteiger partial charge in [0.05, 0.1) is 6.20 Å². The molecule has 0 saturated carbocycles. The molecule has 1 unspecified atom stereocenters. The number of rotatable bonds is 3. The number of aromatic amines is 1. The van der Waals surface area contributed by atoms with E-state index in [9.17, 15) is 5.11 Å². The fourth-order valence-corrected chi connectivity index (χ4v) is 4.77. The average Bonchev–Trinajstić information content (AvgIpc) is 3.19. The number of nitrogens with zero attached hydrogens (tertiary/aromatic N) is 2. The Bertz CT molecular complexity index is 723. The molecule has 2 atom stereocenters. The molecule has 2 aliphatic rings. The van der Waals surface area contributed by atoms with Crippen LogP contribution in [0.5, 0.6) is 5.75 Å².